The molecule has 0 bridgehead atoms. The zero-order chi connectivity index (χ0) is 19.8. The number of likely N-dealkylation sites (tertiary alicyclic amines) is 1. The van der Waals surface area contributed by atoms with Crippen LogP contribution < -0.4 is 10.6 Å². The fourth-order valence-electron chi connectivity index (χ4n) is 4.84. The highest BCUT2D eigenvalue weighted by molar-refractivity contribution is 14.0. The normalized spacial score (nSPS) is 29.1. The van der Waals surface area contributed by atoms with Crippen molar-refractivity contribution in [1.82, 2.24) is 20.4 Å². The van der Waals surface area contributed by atoms with Gasteiger partial charge in [0.2, 0.25) is 5.91 Å². The summed E-state index contributed by atoms with van der Waals surface area (Å²) in [6.45, 7) is 7.46. The summed E-state index contributed by atoms with van der Waals surface area (Å²) in [6, 6.07) is 1.05. The Balaban J connectivity index is 0.00000300. The third-order valence-corrected chi connectivity index (χ3v) is 7.57. The summed E-state index contributed by atoms with van der Waals surface area (Å²) in [7, 11) is 1.86. The molecule has 29 heavy (non-hydrogen) atoms. The zero-order valence-corrected chi connectivity index (χ0v) is 21.3. The van der Waals surface area contributed by atoms with Crippen LogP contribution in [0.1, 0.15) is 51.9 Å². The van der Waals surface area contributed by atoms with Gasteiger partial charge in [-0.2, -0.15) is 11.8 Å². The Kier molecular flexibility index (Phi) is 11.4. The van der Waals surface area contributed by atoms with Gasteiger partial charge in [-0.1, -0.05) is 13.3 Å². The molecule has 1 unspecified atom stereocenters. The summed E-state index contributed by atoms with van der Waals surface area (Å²) in [4.78, 5) is 21.9. The lowest BCUT2D eigenvalue weighted by atomic mass is 9.85. The highest BCUT2D eigenvalue weighted by atomic mass is 127. The number of piperidine rings is 1. The number of carbonyl (C=O) groups is 1. The smallest absolute Gasteiger partial charge is 0.225 e. The van der Waals surface area contributed by atoms with Gasteiger partial charge in [0, 0.05) is 56.2 Å². The molecule has 2 saturated heterocycles. The lowest BCUT2D eigenvalue weighted by molar-refractivity contribution is -0.136. The first kappa shape index (κ1) is 25.0. The van der Waals surface area contributed by atoms with Crippen LogP contribution in [0.2, 0.25) is 0 Å². The molecule has 0 spiro atoms. The average Bonchev–Trinajstić information content (AvgIpc) is 2.77. The first-order valence-electron chi connectivity index (χ1n) is 11.3. The fraction of sp³-hybridized carbons (Fsp3) is 0.905. The summed E-state index contributed by atoms with van der Waals surface area (Å²) in [5.41, 5.74) is 0. The number of nitrogens with zero attached hydrogens (tertiary/aromatic N) is 3. The third-order valence-electron chi connectivity index (χ3n) is 6.62. The summed E-state index contributed by atoms with van der Waals surface area (Å²) < 4.78 is 0. The van der Waals surface area contributed by atoms with Crippen molar-refractivity contribution >= 4 is 47.6 Å². The lowest BCUT2D eigenvalue weighted by Crippen LogP contribution is -2.51. The maximum absolute atomic E-state index is 12.7. The van der Waals surface area contributed by atoms with Crippen molar-refractivity contribution < 1.29 is 4.79 Å². The highest BCUT2D eigenvalue weighted by Gasteiger charge is 2.30. The second-order valence-corrected chi connectivity index (χ2v) is 9.59. The molecule has 3 rings (SSSR count). The summed E-state index contributed by atoms with van der Waals surface area (Å²) >= 11 is 1.96. The number of amides is 1. The third kappa shape index (κ3) is 7.45. The van der Waals surface area contributed by atoms with E-state index >= 15 is 0 Å². The Hall–Kier alpha value is -0.220. The number of hydrogen-bond donors (Lipinski definition) is 2. The number of rotatable bonds is 5. The van der Waals surface area contributed by atoms with E-state index in [-0.39, 0.29) is 29.9 Å². The number of guanidine groups is 1. The number of aliphatic imine (C=N–C) groups is 1. The second-order valence-electron chi connectivity index (χ2n) is 8.36. The molecule has 2 N–H and O–H groups in total. The number of halogens is 1. The van der Waals surface area contributed by atoms with Crippen LogP contribution in [-0.2, 0) is 4.79 Å². The van der Waals surface area contributed by atoms with Gasteiger partial charge in [0.05, 0.1) is 0 Å². The van der Waals surface area contributed by atoms with Crippen LogP contribution in [0.3, 0.4) is 0 Å². The van der Waals surface area contributed by atoms with Crippen LogP contribution in [0.5, 0.6) is 0 Å². The standard InChI is InChI=1S/C21H39N5OS.HI/c1-3-25-11-5-4-6-19(25)16-23-21(22-2)24-18-9-7-17(8-10-18)20(27)26-12-14-28-15-13-26;/h17-19H,3-16H2,1-2H3,(H2,22,23,24);1H. The second kappa shape index (κ2) is 13.2. The minimum Gasteiger partial charge on any atom is -0.355 e. The molecule has 0 aromatic carbocycles. The van der Waals surface area contributed by atoms with E-state index in [2.05, 4.69) is 32.3 Å². The van der Waals surface area contributed by atoms with Gasteiger partial charge in [0.1, 0.15) is 0 Å². The van der Waals surface area contributed by atoms with Gasteiger partial charge in [-0.3, -0.25) is 14.7 Å². The minimum atomic E-state index is 0. The Morgan fingerprint density at radius 2 is 1.79 bits per heavy atom. The fourth-order valence-corrected chi connectivity index (χ4v) is 5.74. The van der Waals surface area contributed by atoms with Gasteiger partial charge in [-0.25, -0.2) is 0 Å². The molecule has 0 radical (unpaired) electrons. The van der Waals surface area contributed by atoms with Gasteiger partial charge in [0.15, 0.2) is 5.96 Å². The van der Waals surface area contributed by atoms with Crippen molar-refractivity contribution in [3.05, 3.63) is 0 Å². The first-order valence-corrected chi connectivity index (χ1v) is 12.4. The van der Waals surface area contributed by atoms with E-state index in [1.807, 2.05) is 18.8 Å². The van der Waals surface area contributed by atoms with Gasteiger partial charge < -0.3 is 15.5 Å². The lowest BCUT2D eigenvalue weighted by Gasteiger charge is -2.36. The molecule has 0 aromatic rings. The molecule has 2 aliphatic heterocycles. The van der Waals surface area contributed by atoms with E-state index in [0.29, 0.717) is 18.0 Å². The van der Waals surface area contributed by atoms with Crippen molar-refractivity contribution in [3.8, 4) is 0 Å². The number of carbonyl (C=O) groups excluding carboxylic acids is 1. The van der Waals surface area contributed by atoms with Crippen LogP contribution in [0.25, 0.3) is 0 Å². The molecule has 1 saturated carbocycles. The SMILES string of the molecule is CCN1CCCCC1CNC(=NC)NC1CCC(C(=O)N2CCSCC2)CC1.I. The minimum absolute atomic E-state index is 0. The quantitative estimate of drug-likeness (QED) is 0.321. The van der Waals surface area contributed by atoms with Gasteiger partial charge in [-0.15, -0.1) is 24.0 Å². The average molecular weight is 538 g/mol. The summed E-state index contributed by atoms with van der Waals surface area (Å²) in [5, 5.41) is 7.17. The van der Waals surface area contributed by atoms with Gasteiger partial charge in [-0.05, 0) is 51.6 Å². The van der Waals surface area contributed by atoms with E-state index in [4.69, 9.17) is 0 Å². The van der Waals surface area contributed by atoms with Crippen LogP contribution in [0, 0.1) is 5.92 Å². The molecule has 6 nitrogen and oxygen atoms in total. The molecule has 3 aliphatic rings. The predicted octanol–water partition coefficient (Wildman–Crippen LogP) is 2.78. The zero-order valence-electron chi connectivity index (χ0n) is 18.2. The monoisotopic (exact) mass is 537 g/mol. The molecule has 1 amide bonds. The number of thioether (sulfide) groups is 1. The Morgan fingerprint density at radius 3 is 2.45 bits per heavy atom. The maximum Gasteiger partial charge on any atom is 0.225 e. The van der Waals surface area contributed by atoms with Gasteiger partial charge in [0.25, 0.3) is 0 Å². The van der Waals surface area contributed by atoms with E-state index in [1.165, 1.54) is 25.8 Å². The Morgan fingerprint density at radius 1 is 1.07 bits per heavy atom. The maximum atomic E-state index is 12.7. The first-order chi connectivity index (χ1) is 13.7. The van der Waals surface area contributed by atoms with Crippen LogP contribution in [0.15, 0.2) is 4.99 Å². The van der Waals surface area contributed by atoms with Crippen LogP contribution in [-0.4, -0.2) is 85.0 Å². The van der Waals surface area contributed by atoms with E-state index in [0.717, 1.165) is 69.3 Å². The van der Waals surface area contributed by atoms with Crippen LogP contribution in [0.4, 0.5) is 0 Å². The Bertz CT molecular complexity index is 521. The Labute approximate surface area is 198 Å². The van der Waals surface area contributed by atoms with E-state index < -0.39 is 0 Å². The molecule has 1 aliphatic carbocycles. The summed E-state index contributed by atoms with van der Waals surface area (Å²) in [6.07, 6.45) is 8.07. The molecule has 2 heterocycles. The summed E-state index contributed by atoms with van der Waals surface area (Å²) in [5.74, 6) is 3.75. The topological polar surface area (TPSA) is 60.0 Å². The van der Waals surface area contributed by atoms with E-state index in [1.54, 1.807) is 0 Å². The molecule has 1 atom stereocenters. The molecule has 3 fully saturated rings. The van der Waals surface area contributed by atoms with Gasteiger partial charge >= 0.3 is 0 Å². The van der Waals surface area contributed by atoms with Crippen molar-refractivity contribution in [1.29, 1.82) is 0 Å². The highest BCUT2D eigenvalue weighted by Crippen LogP contribution is 2.27. The number of hydrogen-bond acceptors (Lipinski definition) is 4. The van der Waals surface area contributed by atoms with Crippen molar-refractivity contribution in [2.75, 3.05) is 51.3 Å². The molecular formula is C21H40IN5OS. The van der Waals surface area contributed by atoms with E-state index in [9.17, 15) is 4.79 Å². The van der Waals surface area contributed by atoms with Crippen molar-refractivity contribution in [2.24, 2.45) is 10.9 Å². The number of likely N-dealkylation sites (N-methyl/N-ethyl adjacent to an activating group) is 1. The molecule has 0 aromatic heterocycles. The largest absolute Gasteiger partial charge is 0.355 e. The van der Waals surface area contributed by atoms with Crippen LogP contribution >= 0.6 is 35.7 Å². The molecule has 168 valence electrons. The van der Waals surface area contributed by atoms with Crippen molar-refractivity contribution in [2.45, 2.75) is 64.0 Å². The number of nitrogens with one attached hydrogen (secondary N) is 2. The molecular weight excluding hydrogens is 497 g/mol. The molecule has 8 heteroatoms. The predicted molar refractivity (Wildman–Crippen MR) is 134 cm³/mol. The van der Waals surface area contributed by atoms with Crippen molar-refractivity contribution in [3.63, 3.8) is 0 Å².